The fourth-order valence-electron chi connectivity index (χ4n) is 2.51. The number of nitrogens with one attached hydrogen (secondary N) is 2. The molecule has 9 nitrogen and oxygen atoms in total. The molecule has 3 atom stereocenters. The number of hydrogen-bond acceptors (Lipinski definition) is 5. The average molecular weight is 360 g/mol. The summed E-state index contributed by atoms with van der Waals surface area (Å²) in [5.41, 5.74) is 9.39. The van der Waals surface area contributed by atoms with E-state index in [4.69, 9.17) is 16.6 Å². The van der Waals surface area contributed by atoms with Gasteiger partial charge in [-0.05, 0) is 12.8 Å². The Hall–Kier alpha value is -1.97. The molecule has 2 rings (SSSR count). The van der Waals surface area contributed by atoms with Crippen molar-refractivity contribution < 1.29 is 24.3 Å². The number of primary amides is 2. The third-order valence-electron chi connectivity index (χ3n) is 3.69. The van der Waals surface area contributed by atoms with Gasteiger partial charge < -0.3 is 27.2 Å². The number of carbonyl (C=O) groups excluding carboxylic acids is 3. The molecular formula is C14H24N4O5S. The zero-order valence-corrected chi connectivity index (χ0v) is 14.1. The summed E-state index contributed by atoms with van der Waals surface area (Å²) in [5.74, 6) is -0.757. The highest BCUT2D eigenvalue weighted by molar-refractivity contribution is 8.00. The van der Waals surface area contributed by atoms with Gasteiger partial charge in [-0.2, -0.15) is 11.8 Å². The van der Waals surface area contributed by atoms with E-state index in [1.807, 2.05) is 11.8 Å². The number of unbranched alkanes of at least 4 members (excludes halogenated alkanes) is 1. The molecule has 0 aliphatic carbocycles. The third kappa shape index (κ3) is 7.53. The maximum Gasteiger partial charge on any atom is 0.315 e. The third-order valence-corrected chi connectivity index (χ3v) is 5.19. The Morgan fingerprint density at radius 1 is 1.08 bits per heavy atom. The number of amides is 4. The van der Waals surface area contributed by atoms with Crippen molar-refractivity contribution in [3.05, 3.63) is 0 Å². The van der Waals surface area contributed by atoms with Crippen LogP contribution in [0.2, 0.25) is 0 Å². The van der Waals surface area contributed by atoms with Crippen LogP contribution in [0.4, 0.5) is 4.79 Å². The number of rotatable bonds is 8. The quantitative estimate of drug-likeness (QED) is 0.290. The van der Waals surface area contributed by atoms with Crippen LogP contribution >= 0.6 is 11.8 Å². The summed E-state index contributed by atoms with van der Waals surface area (Å²) >= 11 is 1.87. The Kier molecular flexibility index (Phi) is 8.37. The van der Waals surface area contributed by atoms with Gasteiger partial charge in [-0.1, -0.05) is 6.42 Å². The zero-order chi connectivity index (χ0) is 18.1. The first-order valence-corrected chi connectivity index (χ1v) is 8.81. The Labute approximate surface area is 144 Å². The van der Waals surface area contributed by atoms with Gasteiger partial charge in [-0.15, -0.1) is 0 Å². The minimum absolute atomic E-state index is 0.0509. The number of carbonyl (C=O) groups is 4. The summed E-state index contributed by atoms with van der Waals surface area (Å²) in [6, 6.07) is 0.440. The standard InChI is InChI=1S/C10H16N2O3S.C4H8N2O2/c13-8(14)4-2-1-3-7-9-6(5-16-7)11-10(15)12-9;5-3(7)1-2-4(6)8/h6-7,9H,1-5H2,(H,13,14)(H2,11,12,15);1-2H2,(H2,5,7)(H2,6,8)/t6-,7-,9-;/m0./s1. The van der Waals surface area contributed by atoms with Gasteiger partial charge in [-0.25, -0.2) is 4.79 Å². The zero-order valence-electron chi connectivity index (χ0n) is 13.3. The number of aliphatic carboxylic acids is 1. The van der Waals surface area contributed by atoms with Crippen molar-refractivity contribution in [3.63, 3.8) is 0 Å². The van der Waals surface area contributed by atoms with E-state index in [1.54, 1.807) is 0 Å². The number of carboxylic acids is 1. The van der Waals surface area contributed by atoms with E-state index in [0.29, 0.717) is 5.25 Å². The van der Waals surface area contributed by atoms with E-state index < -0.39 is 17.8 Å². The van der Waals surface area contributed by atoms with Crippen molar-refractivity contribution in [1.29, 1.82) is 0 Å². The van der Waals surface area contributed by atoms with Crippen molar-refractivity contribution in [1.82, 2.24) is 10.6 Å². The smallest absolute Gasteiger partial charge is 0.315 e. The first kappa shape index (κ1) is 20.1. The van der Waals surface area contributed by atoms with Crippen LogP contribution < -0.4 is 22.1 Å². The van der Waals surface area contributed by atoms with Crippen molar-refractivity contribution in [2.24, 2.45) is 11.5 Å². The van der Waals surface area contributed by atoms with E-state index in [9.17, 15) is 19.2 Å². The second-order valence-electron chi connectivity index (χ2n) is 5.69. The van der Waals surface area contributed by atoms with Crippen molar-refractivity contribution in [2.45, 2.75) is 55.9 Å². The largest absolute Gasteiger partial charge is 0.481 e. The summed E-state index contributed by atoms with van der Waals surface area (Å²) in [6.45, 7) is 0. The van der Waals surface area contributed by atoms with E-state index in [-0.39, 0.29) is 37.4 Å². The molecule has 7 N–H and O–H groups in total. The first-order valence-electron chi connectivity index (χ1n) is 7.76. The summed E-state index contributed by atoms with van der Waals surface area (Å²) in [6.07, 6.45) is 2.98. The maximum absolute atomic E-state index is 11.1. The van der Waals surface area contributed by atoms with Gasteiger partial charge in [0, 0.05) is 30.3 Å². The molecule has 24 heavy (non-hydrogen) atoms. The highest BCUT2D eigenvalue weighted by Gasteiger charge is 2.42. The molecule has 136 valence electrons. The summed E-state index contributed by atoms with van der Waals surface area (Å²) < 4.78 is 0. The predicted octanol–water partition coefficient (Wildman–Crippen LogP) is -0.466. The molecule has 2 fully saturated rings. The fraction of sp³-hybridized carbons (Fsp3) is 0.714. The molecule has 0 spiro atoms. The fourth-order valence-corrected chi connectivity index (χ4v) is 4.05. The number of nitrogens with two attached hydrogens (primary N) is 2. The second-order valence-corrected chi connectivity index (χ2v) is 6.97. The first-order chi connectivity index (χ1) is 11.3. The van der Waals surface area contributed by atoms with Gasteiger partial charge in [0.25, 0.3) is 0 Å². The molecule has 4 amide bonds. The van der Waals surface area contributed by atoms with Crippen LogP contribution in [-0.2, 0) is 14.4 Å². The maximum atomic E-state index is 11.1. The van der Waals surface area contributed by atoms with Crippen LogP contribution in [0.1, 0.15) is 38.5 Å². The molecule has 0 aromatic rings. The van der Waals surface area contributed by atoms with Gasteiger partial charge in [0.2, 0.25) is 11.8 Å². The van der Waals surface area contributed by atoms with Crippen LogP contribution in [0.25, 0.3) is 0 Å². The molecule has 2 heterocycles. The van der Waals surface area contributed by atoms with Gasteiger partial charge in [0.15, 0.2) is 0 Å². The predicted molar refractivity (Wildman–Crippen MR) is 89.2 cm³/mol. The Morgan fingerprint density at radius 3 is 2.25 bits per heavy atom. The molecule has 0 saturated carbocycles. The van der Waals surface area contributed by atoms with Crippen LogP contribution in [0.5, 0.6) is 0 Å². The number of thioether (sulfide) groups is 1. The van der Waals surface area contributed by atoms with E-state index >= 15 is 0 Å². The number of carboxylic acid groups (broad SMARTS) is 1. The Bertz CT molecular complexity index is 474. The van der Waals surface area contributed by atoms with Crippen LogP contribution in [0.15, 0.2) is 0 Å². The van der Waals surface area contributed by atoms with E-state index in [2.05, 4.69) is 10.6 Å². The monoisotopic (exact) mass is 360 g/mol. The lowest BCUT2D eigenvalue weighted by Gasteiger charge is -2.16. The normalized spacial score (nSPS) is 24.2. The Morgan fingerprint density at radius 2 is 1.71 bits per heavy atom. The summed E-state index contributed by atoms with van der Waals surface area (Å²) in [4.78, 5) is 41.3. The van der Waals surface area contributed by atoms with Crippen LogP contribution in [0, 0.1) is 0 Å². The molecular weight excluding hydrogens is 336 g/mol. The van der Waals surface area contributed by atoms with Gasteiger partial charge in [0.05, 0.1) is 12.1 Å². The lowest BCUT2D eigenvalue weighted by Crippen LogP contribution is -2.36. The molecule has 2 saturated heterocycles. The lowest BCUT2D eigenvalue weighted by atomic mass is 10.0. The van der Waals surface area contributed by atoms with Crippen LogP contribution in [0.3, 0.4) is 0 Å². The number of hydrogen-bond donors (Lipinski definition) is 5. The van der Waals surface area contributed by atoms with E-state index in [0.717, 1.165) is 25.0 Å². The van der Waals surface area contributed by atoms with Crippen molar-refractivity contribution in [2.75, 3.05) is 5.75 Å². The number of urea groups is 1. The van der Waals surface area contributed by atoms with Crippen molar-refractivity contribution >= 4 is 35.6 Å². The SMILES string of the molecule is NC(=O)CCC(N)=O.O=C(O)CCCC[C@@H]1SC[C@@H]2NC(=O)N[C@@H]21. The molecule has 0 radical (unpaired) electrons. The minimum Gasteiger partial charge on any atom is -0.481 e. The molecule has 10 heteroatoms. The minimum atomic E-state index is -0.729. The molecule has 2 aliphatic rings. The lowest BCUT2D eigenvalue weighted by molar-refractivity contribution is -0.137. The second kappa shape index (κ2) is 10.0. The van der Waals surface area contributed by atoms with Gasteiger partial charge in [0.1, 0.15) is 0 Å². The highest BCUT2D eigenvalue weighted by Crippen LogP contribution is 2.33. The molecule has 0 unspecified atom stereocenters. The van der Waals surface area contributed by atoms with Crippen LogP contribution in [-0.4, -0.2) is 52.0 Å². The van der Waals surface area contributed by atoms with Gasteiger partial charge in [-0.3, -0.25) is 14.4 Å². The highest BCUT2D eigenvalue weighted by atomic mass is 32.2. The molecule has 2 aliphatic heterocycles. The van der Waals surface area contributed by atoms with Gasteiger partial charge >= 0.3 is 12.0 Å². The summed E-state index contributed by atoms with van der Waals surface area (Å²) in [5, 5.41) is 14.8. The number of fused-ring (bicyclic) bond motifs is 1. The molecule has 0 bridgehead atoms. The Balaban J connectivity index is 0.000000307. The topological polar surface area (TPSA) is 165 Å². The summed E-state index contributed by atoms with van der Waals surface area (Å²) in [7, 11) is 0. The molecule has 0 aromatic carbocycles. The average Bonchev–Trinajstić information content (AvgIpc) is 3.01. The molecule has 0 aromatic heterocycles. The van der Waals surface area contributed by atoms with Crippen molar-refractivity contribution in [3.8, 4) is 0 Å². The van der Waals surface area contributed by atoms with E-state index in [1.165, 1.54) is 0 Å².